The van der Waals surface area contributed by atoms with E-state index in [1.54, 1.807) is 0 Å². The molecular formula is C13H25N7O. The molecule has 2 heterocycles. The molecule has 8 nitrogen and oxygen atoms in total. The van der Waals surface area contributed by atoms with Gasteiger partial charge in [-0.1, -0.05) is 0 Å². The Hall–Kier alpha value is -1.67. The molecular weight excluding hydrogens is 270 g/mol. The molecule has 0 radical (unpaired) electrons. The maximum absolute atomic E-state index is 5.75. The highest BCUT2D eigenvalue weighted by molar-refractivity contribution is 5.43. The quantitative estimate of drug-likeness (QED) is 0.505. The SMILES string of the molecule is CCN(CC)c1nc(NN)nc(NCC2(C)CCCO2)n1. The molecule has 1 saturated heterocycles. The molecule has 1 aliphatic heterocycles. The van der Waals surface area contributed by atoms with Gasteiger partial charge in [-0.05, 0) is 33.6 Å². The fourth-order valence-electron chi connectivity index (χ4n) is 2.40. The lowest BCUT2D eigenvalue weighted by Crippen LogP contribution is -2.33. The second-order valence-electron chi connectivity index (χ2n) is 5.35. The zero-order chi connectivity index (χ0) is 15.3. The molecule has 0 bridgehead atoms. The third-order valence-electron chi connectivity index (χ3n) is 3.72. The van der Waals surface area contributed by atoms with E-state index < -0.39 is 0 Å². The Morgan fingerprint density at radius 3 is 2.52 bits per heavy atom. The van der Waals surface area contributed by atoms with Crippen molar-refractivity contribution in [2.75, 3.05) is 41.9 Å². The van der Waals surface area contributed by atoms with E-state index in [0.29, 0.717) is 24.4 Å². The average Bonchev–Trinajstić information content (AvgIpc) is 2.93. The number of ether oxygens (including phenoxy) is 1. The molecule has 1 unspecified atom stereocenters. The van der Waals surface area contributed by atoms with Gasteiger partial charge in [0, 0.05) is 26.2 Å². The maximum atomic E-state index is 5.75. The van der Waals surface area contributed by atoms with Gasteiger partial charge in [0.1, 0.15) is 0 Å². The van der Waals surface area contributed by atoms with Crippen molar-refractivity contribution in [1.29, 1.82) is 0 Å². The second-order valence-corrected chi connectivity index (χ2v) is 5.35. The van der Waals surface area contributed by atoms with Crippen molar-refractivity contribution in [3.05, 3.63) is 0 Å². The highest BCUT2D eigenvalue weighted by atomic mass is 16.5. The Kier molecular flexibility index (Phi) is 5.13. The summed E-state index contributed by atoms with van der Waals surface area (Å²) in [5, 5.41) is 3.24. The molecule has 21 heavy (non-hydrogen) atoms. The molecule has 118 valence electrons. The van der Waals surface area contributed by atoms with E-state index in [9.17, 15) is 0 Å². The van der Waals surface area contributed by atoms with Crippen LogP contribution < -0.4 is 21.5 Å². The predicted octanol–water partition coefficient (Wildman–Crippen LogP) is 0.984. The Balaban J connectivity index is 2.12. The fraction of sp³-hybridized carbons (Fsp3) is 0.769. The molecule has 8 heteroatoms. The van der Waals surface area contributed by atoms with Crippen molar-refractivity contribution in [2.24, 2.45) is 5.84 Å². The van der Waals surface area contributed by atoms with Gasteiger partial charge in [0.2, 0.25) is 17.8 Å². The second kappa shape index (κ2) is 6.86. The van der Waals surface area contributed by atoms with Gasteiger partial charge in [0.25, 0.3) is 0 Å². The summed E-state index contributed by atoms with van der Waals surface area (Å²) in [7, 11) is 0. The molecule has 2 rings (SSSR count). The van der Waals surface area contributed by atoms with Gasteiger partial charge in [0.05, 0.1) is 5.60 Å². The molecule has 1 aromatic rings. The lowest BCUT2D eigenvalue weighted by atomic mass is 10.0. The van der Waals surface area contributed by atoms with Crippen LogP contribution in [0.2, 0.25) is 0 Å². The van der Waals surface area contributed by atoms with Gasteiger partial charge in [-0.25, -0.2) is 5.84 Å². The summed E-state index contributed by atoms with van der Waals surface area (Å²) in [6.45, 7) is 9.35. The average molecular weight is 295 g/mol. The van der Waals surface area contributed by atoms with E-state index >= 15 is 0 Å². The smallest absolute Gasteiger partial charge is 0.243 e. The molecule has 1 fully saturated rings. The molecule has 0 aliphatic carbocycles. The molecule has 4 N–H and O–H groups in total. The minimum absolute atomic E-state index is 0.154. The van der Waals surface area contributed by atoms with Crippen molar-refractivity contribution >= 4 is 17.8 Å². The monoisotopic (exact) mass is 295 g/mol. The summed E-state index contributed by atoms with van der Waals surface area (Å²) >= 11 is 0. The summed E-state index contributed by atoms with van der Waals surface area (Å²) in [6, 6.07) is 0. The van der Waals surface area contributed by atoms with Crippen LogP contribution in [-0.2, 0) is 4.74 Å². The van der Waals surface area contributed by atoms with Crippen LogP contribution in [0, 0.1) is 0 Å². The molecule has 0 amide bonds. The minimum atomic E-state index is -0.154. The van der Waals surface area contributed by atoms with Crippen LogP contribution in [0.5, 0.6) is 0 Å². The third kappa shape index (κ3) is 3.92. The molecule has 0 saturated carbocycles. The molecule has 1 aromatic heterocycles. The molecule has 1 atom stereocenters. The van der Waals surface area contributed by atoms with Gasteiger partial charge in [-0.15, -0.1) is 0 Å². The Labute approximate surface area is 125 Å². The van der Waals surface area contributed by atoms with Crippen molar-refractivity contribution in [3.8, 4) is 0 Å². The summed E-state index contributed by atoms with van der Waals surface area (Å²) in [6.07, 6.45) is 2.13. The van der Waals surface area contributed by atoms with Crippen LogP contribution in [0.3, 0.4) is 0 Å². The fourth-order valence-corrected chi connectivity index (χ4v) is 2.40. The summed E-state index contributed by atoms with van der Waals surface area (Å²) in [4.78, 5) is 15.0. The number of nitrogens with two attached hydrogens (primary N) is 1. The highest BCUT2D eigenvalue weighted by Gasteiger charge is 2.29. The van der Waals surface area contributed by atoms with Crippen molar-refractivity contribution in [1.82, 2.24) is 15.0 Å². The van der Waals surface area contributed by atoms with E-state index in [1.807, 2.05) is 4.90 Å². The molecule has 0 spiro atoms. The van der Waals surface area contributed by atoms with Gasteiger partial charge in [-0.2, -0.15) is 15.0 Å². The van der Waals surface area contributed by atoms with Gasteiger partial charge < -0.3 is 15.0 Å². The molecule has 0 aromatic carbocycles. The van der Waals surface area contributed by atoms with Crippen LogP contribution in [-0.4, -0.2) is 46.8 Å². The van der Waals surface area contributed by atoms with E-state index in [4.69, 9.17) is 10.6 Å². The van der Waals surface area contributed by atoms with E-state index in [0.717, 1.165) is 32.5 Å². The Morgan fingerprint density at radius 1 is 1.24 bits per heavy atom. The number of nitrogens with zero attached hydrogens (tertiary/aromatic N) is 4. The first-order chi connectivity index (χ1) is 10.1. The standard InChI is InChI=1S/C13H25N7O/c1-4-20(5-2)12-17-10(16-11(18-12)19-14)15-9-13(3)7-6-8-21-13/h4-9,14H2,1-3H3,(H2,15,16,17,18,19). The summed E-state index contributed by atoms with van der Waals surface area (Å²) < 4.78 is 5.75. The predicted molar refractivity (Wildman–Crippen MR) is 83.3 cm³/mol. The van der Waals surface area contributed by atoms with Gasteiger partial charge in [-0.3, -0.25) is 5.43 Å². The van der Waals surface area contributed by atoms with Crippen LogP contribution in [0.15, 0.2) is 0 Å². The Bertz CT molecular complexity index is 458. The number of hydrazine groups is 1. The number of aromatic nitrogens is 3. The van der Waals surface area contributed by atoms with Gasteiger partial charge >= 0.3 is 0 Å². The number of rotatable bonds is 7. The topological polar surface area (TPSA) is 101 Å². The summed E-state index contributed by atoms with van der Waals surface area (Å²) in [5.74, 6) is 6.92. The number of anilines is 3. The minimum Gasteiger partial charge on any atom is -0.373 e. The number of nitrogens with one attached hydrogen (secondary N) is 2. The molecule has 1 aliphatic rings. The zero-order valence-corrected chi connectivity index (χ0v) is 13.0. The first-order valence-electron chi connectivity index (χ1n) is 7.45. The summed E-state index contributed by atoms with van der Waals surface area (Å²) in [5.41, 5.74) is 2.33. The van der Waals surface area contributed by atoms with Crippen molar-refractivity contribution < 1.29 is 4.74 Å². The van der Waals surface area contributed by atoms with E-state index in [-0.39, 0.29) is 5.60 Å². The van der Waals surface area contributed by atoms with Crippen LogP contribution >= 0.6 is 0 Å². The van der Waals surface area contributed by atoms with E-state index in [2.05, 4.69) is 46.5 Å². The Morgan fingerprint density at radius 2 is 1.95 bits per heavy atom. The first kappa shape index (κ1) is 15.7. The van der Waals surface area contributed by atoms with Crippen molar-refractivity contribution in [2.45, 2.75) is 39.2 Å². The number of nitrogen functional groups attached to an aromatic ring is 1. The zero-order valence-electron chi connectivity index (χ0n) is 13.0. The largest absolute Gasteiger partial charge is 0.373 e. The lowest BCUT2D eigenvalue weighted by molar-refractivity contribution is 0.0314. The van der Waals surface area contributed by atoms with Crippen LogP contribution in [0.1, 0.15) is 33.6 Å². The highest BCUT2D eigenvalue weighted by Crippen LogP contribution is 2.25. The van der Waals surface area contributed by atoms with Crippen molar-refractivity contribution in [3.63, 3.8) is 0 Å². The number of hydrogen-bond donors (Lipinski definition) is 3. The first-order valence-corrected chi connectivity index (χ1v) is 7.45. The number of hydrogen-bond acceptors (Lipinski definition) is 8. The van der Waals surface area contributed by atoms with Crippen LogP contribution in [0.25, 0.3) is 0 Å². The van der Waals surface area contributed by atoms with Gasteiger partial charge in [0.15, 0.2) is 0 Å². The van der Waals surface area contributed by atoms with E-state index in [1.165, 1.54) is 0 Å². The maximum Gasteiger partial charge on any atom is 0.243 e. The lowest BCUT2D eigenvalue weighted by Gasteiger charge is -2.24. The normalized spacial score (nSPS) is 21.3. The third-order valence-corrected chi connectivity index (χ3v) is 3.72. The van der Waals surface area contributed by atoms with Crippen LogP contribution in [0.4, 0.5) is 17.8 Å².